The highest BCUT2D eigenvalue weighted by Crippen LogP contribution is 2.30. The summed E-state index contributed by atoms with van der Waals surface area (Å²) in [5, 5.41) is 16.4. The second-order valence-corrected chi connectivity index (χ2v) is 8.03. The molecule has 0 bridgehead atoms. The first-order valence-corrected chi connectivity index (χ1v) is 10.7. The smallest absolute Gasteiger partial charge is 0.234 e. The summed E-state index contributed by atoms with van der Waals surface area (Å²) in [4.78, 5) is 28.2. The van der Waals surface area contributed by atoms with Crippen molar-refractivity contribution in [1.82, 2.24) is 30.7 Å². The quantitative estimate of drug-likeness (QED) is 0.360. The Labute approximate surface area is 190 Å². The van der Waals surface area contributed by atoms with Gasteiger partial charge in [-0.1, -0.05) is 18.2 Å². The van der Waals surface area contributed by atoms with Crippen LogP contribution in [0.3, 0.4) is 0 Å². The van der Waals surface area contributed by atoms with Gasteiger partial charge in [0.05, 0.1) is 24.0 Å². The molecule has 172 valence electrons. The van der Waals surface area contributed by atoms with E-state index in [9.17, 15) is 14.0 Å². The summed E-state index contributed by atoms with van der Waals surface area (Å²) in [6, 6.07) is 10.2. The molecule has 1 aliphatic heterocycles. The van der Waals surface area contributed by atoms with Gasteiger partial charge in [-0.3, -0.25) is 14.3 Å². The topological polar surface area (TPSA) is 113 Å². The van der Waals surface area contributed by atoms with E-state index in [-0.39, 0.29) is 24.8 Å². The molecule has 9 nitrogen and oxygen atoms in total. The van der Waals surface area contributed by atoms with Crippen molar-refractivity contribution in [2.45, 2.75) is 12.0 Å². The van der Waals surface area contributed by atoms with Crippen molar-refractivity contribution < 1.29 is 14.0 Å². The lowest BCUT2D eigenvalue weighted by Gasteiger charge is -2.39. The summed E-state index contributed by atoms with van der Waals surface area (Å²) in [7, 11) is 1.83. The first-order valence-electron chi connectivity index (χ1n) is 10.7. The largest absolute Gasteiger partial charge is 0.369 e. The number of pyridine rings is 1. The van der Waals surface area contributed by atoms with Crippen LogP contribution in [0.2, 0.25) is 0 Å². The number of rotatable bonds is 9. The third-order valence-corrected chi connectivity index (χ3v) is 5.58. The van der Waals surface area contributed by atoms with Gasteiger partial charge < -0.3 is 21.3 Å². The molecule has 2 amide bonds. The molecule has 1 saturated heterocycles. The lowest BCUT2D eigenvalue weighted by molar-refractivity contribution is -0.124. The number of aromatic nitrogens is 3. The van der Waals surface area contributed by atoms with E-state index in [1.165, 1.54) is 12.1 Å². The number of hydrogen-bond acceptors (Lipinski definition) is 6. The fourth-order valence-electron chi connectivity index (χ4n) is 4.04. The number of nitrogens with zero attached hydrogens (tertiary/aromatic N) is 3. The molecule has 2 aromatic heterocycles. The number of amides is 2. The highest BCUT2D eigenvalue weighted by atomic mass is 19.1. The zero-order chi connectivity index (χ0) is 23.3. The zero-order valence-corrected chi connectivity index (χ0v) is 18.3. The summed E-state index contributed by atoms with van der Waals surface area (Å²) in [5.41, 5.74) is 2.29. The lowest BCUT2D eigenvalue weighted by Crippen LogP contribution is -2.63. The first-order chi connectivity index (χ1) is 16.0. The Balaban J connectivity index is 1.68. The van der Waals surface area contributed by atoms with Crippen molar-refractivity contribution in [2.75, 3.05) is 31.5 Å². The number of aryl methyl sites for hydroxylation is 1. The number of benzene rings is 1. The first kappa shape index (κ1) is 22.4. The zero-order valence-electron chi connectivity index (χ0n) is 18.3. The average molecular weight is 452 g/mol. The molecule has 1 aromatic carbocycles. The van der Waals surface area contributed by atoms with Crippen molar-refractivity contribution in [3.63, 3.8) is 0 Å². The Morgan fingerprint density at radius 1 is 1.30 bits per heavy atom. The Kier molecular flexibility index (Phi) is 6.64. The van der Waals surface area contributed by atoms with Crippen molar-refractivity contribution in [1.29, 1.82) is 0 Å². The fraction of sp³-hybridized carbons (Fsp3) is 0.304. The maximum Gasteiger partial charge on any atom is 0.234 e. The van der Waals surface area contributed by atoms with E-state index in [4.69, 9.17) is 4.98 Å². The minimum absolute atomic E-state index is 0.170. The molecule has 1 fully saturated rings. The maximum absolute atomic E-state index is 13.5. The molecule has 3 aromatic rings. The van der Waals surface area contributed by atoms with Crippen molar-refractivity contribution in [3.8, 4) is 11.3 Å². The molecule has 1 unspecified atom stereocenters. The van der Waals surface area contributed by atoms with Crippen LogP contribution in [0.25, 0.3) is 11.3 Å². The number of nitrogens with one attached hydrogen (secondary N) is 4. The van der Waals surface area contributed by atoms with Gasteiger partial charge >= 0.3 is 0 Å². The minimum atomic E-state index is -0.877. The fourth-order valence-corrected chi connectivity index (χ4v) is 4.04. The van der Waals surface area contributed by atoms with E-state index < -0.39 is 5.54 Å². The molecule has 0 aliphatic carbocycles. The predicted octanol–water partition coefficient (Wildman–Crippen LogP) is 0.937. The summed E-state index contributed by atoms with van der Waals surface area (Å²) in [6.45, 7) is 1.32. The van der Waals surface area contributed by atoms with Gasteiger partial charge in [0, 0.05) is 44.0 Å². The molecule has 3 heterocycles. The summed E-state index contributed by atoms with van der Waals surface area (Å²) in [6.07, 6.45) is 4.79. The van der Waals surface area contributed by atoms with Gasteiger partial charge in [-0.15, -0.1) is 0 Å². The van der Waals surface area contributed by atoms with Gasteiger partial charge in [0.1, 0.15) is 11.6 Å². The predicted molar refractivity (Wildman–Crippen MR) is 122 cm³/mol. The molecule has 4 rings (SSSR count). The third-order valence-electron chi connectivity index (χ3n) is 5.58. The van der Waals surface area contributed by atoms with Crippen molar-refractivity contribution >= 4 is 18.1 Å². The Morgan fingerprint density at radius 3 is 2.91 bits per heavy atom. The van der Waals surface area contributed by atoms with Crippen LogP contribution in [0.15, 0.2) is 48.8 Å². The SMILES string of the molecule is Cn1cc(-c2ccc(C3(CNC=O)CNCC(=O)N3)c(NCCc3cccc(F)c3)n2)cn1. The van der Waals surface area contributed by atoms with Gasteiger partial charge in [0.15, 0.2) is 0 Å². The molecule has 4 N–H and O–H groups in total. The van der Waals surface area contributed by atoms with Crippen LogP contribution in [0, 0.1) is 5.82 Å². The van der Waals surface area contributed by atoms with Crippen LogP contribution in [0.1, 0.15) is 11.1 Å². The molecular formula is C23H26FN7O2. The lowest BCUT2D eigenvalue weighted by atomic mass is 9.87. The molecule has 10 heteroatoms. The second-order valence-electron chi connectivity index (χ2n) is 8.03. The molecule has 33 heavy (non-hydrogen) atoms. The van der Waals surface area contributed by atoms with E-state index in [1.54, 1.807) is 16.9 Å². The molecule has 0 radical (unpaired) electrons. The summed E-state index contributed by atoms with van der Waals surface area (Å²) in [5.74, 6) is 0.125. The Morgan fingerprint density at radius 2 is 2.18 bits per heavy atom. The van der Waals surface area contributed by atoms with Gasteiger partial charge in [-0.2, -0.15) is 5.10 Å². The van der Waals surface area contributed by atoms with E-state index in [0.717, 1.165) is 16.7 Å². The van der Waals surface area contributed by atoms with Crippen LogP contribution >= 0.6 is 0 Å². The van der Waals surface area contributed by atoms with Crippen LogP contribution in [-0.4, -0.2) is 53.3 Å². The van der Waals surface area contributed by atoms with Crippen molar-refractivity contribution in [2.24, 2.45) is 7.05 Å². The van der Waals surface area contributed by atoms with Crippen LogP contribution < -0.4 is 21.3 Å². The molecule has 1 aliphatic rings. The molecular weight excluding hydrogens is 425 g/mol. The summed E-state index contributed by atoms with van der Waals surface area (Å²) < 4.78 is 15.2. The molecule has 1 atom stereocenters. The maximum atomic E-state index is 13.5. The van der Waals surface area contributed by atoms with Gasteiger partial charge in [-0.05, 0) is 30.2 Å². The normalized spacial score (nSPS) is 17.9. The van der Waals surface area contributed by atoms with Crippen molar-refractivity contribution in [3.05, 3.63) is 65.7 Å². The van der Waals surface area contributed by atoms with Gasteiger partial charge in [0.2, 0.25) is 12.3 Å². The number of piperazine rings is 1. The van der Waals surface area contributed by atoms with Crippen LogP contribution in [-0.2, 0) is 28.6 Å². The van der Waals surface area contributed by atoms with Gasteiger partial charge in [-0.25, -0.2) is 9.37 Å². The van der Waals surface area contributed by atoms with Crippen LogP contribution in [0.4, 0.5) is 10.2 Å². The average Bonchev–Trinajstić information content (AvgIpc) is 3.24. The van der Waals surface area contributed by atoms with Gasteiger partial charge in [0.25, 0.3) is 0 Å². The van der Waals surface area contributed by atoms with E-state index in [1.807, 2.05) is 31.4 Å². The number of carbonyl (C=O) groups is 2. The number of halogens is 1. The molecule has 0 saturated carbocycles. The third kappa shape index (κ3) is 5.17. The van der Waals surface area contributed by atoms with Crippen LogP contribution in [0.5, 0.6) is 0 Å². The highest BCUT2D eigenvalue weighted by molar-refractivity contribution is 5.81. The Bertz CT molecular complexity index is 1150. The number of anilines is 1. The number of hydrogen-bond donors (Lipinski definition) is 4. The van der Waals surface area contributed by atoms with E-state index in [0.29, 0.717) is 37.4 Å². The van der Waals surface area contributed by atoms with E-state index in [2.05, 4.69) is 26.4 Å². The summed E-state index contributed by atoms with van der Waals surface area (Å²) >= 11 is 0. The standard InChI is InChI=1S/C23H26FN7O2/c1-31-12-17(10-28-31)20-6-5-19(23(14-26-15-32)13-25-11-21(33)30-23)22(29-20)27-8-7-16-3-2-4-18(24)9-16/h2-6,9-10,12,15,25H,7-8,11,13-14H2,1H3,(H,26,32)(H,27,29)(H,30,33). The molecule has 0 spiro atoms. The van der Waals surface area contributed by atoms with E-state index >= 15 is 0 Å². The monoisotopic (exact) mass is 451 g/mol. The number of carbonyl (C=O) groups excluding carboxylic acids is 2. The minimum Gasteiger partial charge on any atom is -0.369 e. The Hall–Kier alpha value is -3.79. The second kappa shape index (κ2) is 9.78. The highest BCUT2D eigenvalue weighted by Gasteiger charge is 2.39.